The summed E-state index contributed by atoms with van der Waals surface area (Å²) >= 11 is 1.40. The number of carbonyl (C=O) groups is 1. The Labute approximate surface area is 158 Å². The van der Waals surface area contributed by atoms with Crippen LogP contribution >= 0.6 is 11.3 Å². The summed E-state index contributed by atoms with van der Waals surface area (Å²) in [4.78, 5) is 26.2. The Morgan fingerprint density at radius 2 is 1.74 bits per heavy atom. The molecule has 0 amide bonds. The summed E-state index contributed by atoms with van der Waals surface area (Å²) in [6.45, 7) is -0.119. The zero-order valence-electron chi connectivity index (χ0n) is 14.2. The molecule has 0 aliphatic carbocycles. The summed E-state index contributed by atoms with van der Waals surface area (Å²) in [6.07, 6.45) is 0. The zero-order chi connectivity index (χ0) is 18.6. The van der Waals surface area contributed by atoms with Gasteiger partial charge < -0.3 is 4.74 Å². The number of fused-ring (bicyclic) bond motifs is 1. The van der Waals surface area contributed by atoms with Crippen molar-refractivity contribution in [1.82, 2.24) is 15.0 Å². The molecular formula is C20H15N3O3S. The molecule has 134 valence electrons. The molecule has 4 aromatic rings. The van der Waals surface area contributed by atoms with E-state index in [0.717, 1.165) is 20.7 Å². The molecule has 27 heavy (non-hydrogen) atoms. The van der Waals surface area contributed by atoms with E-state index in [4.69, 9.17) is 4.74 Å². The fraction of sp³-hybridized carbons (Fsp3) is 0.100. The summed E-state index contributed by atoms with van der Waals surface area (Å²) in [7, 11) is 0. The number of hydrogen-bond acceptors (Lipinski definition) is 6. The highest BCUT2D eigenvalue weighted by molar-refractivity contribution is 7.21. The van der Waals surface area contributed by atoms with E-state index < -0.39 is 5.97 Å². The number of benzene rings is 2. The van der Waals surface area contributed by atoms with Crippen molar-refractivity contribution in [2.75, 3.05) is 0 Å². The van der Waals surface area contributed by atoms with Crippen LogP contribution < -0.4 is 5.56 Å². The van der Waals surface area contributed by atoms with E-state index in [2.05, 4.69) is 10.3 Å². The molecule has 0 radical (unpaired) electrons. The average molecular weight is 377 g/mol. The predicted molar refractivity (Wildman–Crippen MR) is 103 cm³/mol. The summed E-state index contributed by atoms with van der Waals surface area (Å²) < 4.78 is 6.25. The second-order valence-corrected chi connectivity index (χ2v) is 6.92. The Balaban J connectivity index is 1.53. The topological polar surface area (TPSA) is 74.1 Å². The second-order valence-electron chi connectivity index (χ2n) is 5.89. The van der Waals surface area contributed by atoms with Crippen molar-refractivity contribution in [3.8, 4) is 10.4 Å². The van der Waals surface area contributed by atoms with Gasteiger partial charge in [-0.15, -0.1) is 16.4 Å². The summed E-state index contributed by atoms with van der Waals surface area (Å²) in [5.41, 5.74) is 1.54. The van der Waals surface area contributed by atoms with Gasteiger partial charge in [0, 0.05) is 4.88 Å². The van der Waals surface area contributed by atoms with Crippen LogP contribution in [-0.2, 0) is 22.7 Å². The number of carbonyl (C=O) groups excluding carboxylic acids is 1. The highest BCUT2D eigenvalue weighted by Crippen LogP contribution is 2.30. The van der Waals surface area contributed by atoms with Crippen LogP contribution in [-0.4, -0.2) is 21.0 Å². The van der Waals surface area contributed by atoms with E-state index in [9.17, 15) is 9.59 Å². The van der Waals surface area contributed by atoms with Crippen molar-refractivity contribution in [3.05, 3.63) is 82.6 Å². The molecule has 2 aromatic carbocycles. The van der Waals surface area contributed by atoms with Gasteiger partial charge in [0.2, 0.25) is 0 Å². The third-order valence-corrected chi connectivity index (χ3v) is 5.07. The molecule has 0 atom stereocenters. The van der Waals surface area contributed by atoms with E-state index in [1.54, 1.807) is 6.07 Å². The first kappa shape index (κ1) is 17.1. The molecule has 0 N–H and O–H groups in total. The van der Waals surface area contributed by atoms with Crippen molar-refractivity contribution in [2.45, 2.75) is 13.2 Å². The first-order valence-electron chi connectivity index (χ1n) is 8.33. The molecule has 0 saturated heterocycles. The Bertz CT molecular complexity index is 1140. The molecule has 0 fully saturated rings. The van der Waals surface area contributed by atoms with Gasteiger partial charge >= 0.3 is 5.97 Å². The lowest BCUT2D eigenvalue weighted by Gasteiger charge is -2.05. The van der Waals surface area contributed by atoms with Crippen molar-refractivity contribution < 1.29 is 9.53 Å². The molecule has 4 rings (SSSR count). The van der Waals surface area contributed by atoms with E-state index in [0.29, 0.717) is 10.2 Å². The van der Waals surface area contributed by atoms with Gasteiger partial charge in [-0.1, -0.05) is 65.9 Å². The van der Waals surface area contributed by atoms with E-state index >= 15 is 0 Å². The summed E-state index contributed by atoms with van der Waals surface area (Å²) in [5, 5.41) is 8.40. The fourth-order valence-corrected chi connectivity index (χ4v) is 3.61. The molecule has 0 saturated carbocycles. The number of esters is 1. The van der Waals surface area contributed by atoms with Gasteiger partial charge in [-0.3, -0.25) is 9.59 Å². The Hall–Kier alpha value is -3.32. The Morgan fingerprint density at radius 3 is 2.48 bits per heavy atom. The molecule has 0 unspecified atom stereocenters. The second kappa shape index (κ2) is 7.51. The number of ether oxygens (including phenoxy) is 1. The number of thiophene rings is 1. The van der Waals surface area contributed by atoms with Gasteiger partial charge in [0.25, 0.3) is 5.56 Å². The summed E-state index contributed by atoms with van der Waals surface area (Å²) in [6, 6.07) is 20.9. The molecule has 0 bridgehead atoms. The van der Waals surface area contributed by atoms with Crippen LogP contribution in [0.2, 0.25) is 0 Å². The molecule has 0 aliphatic rings. The van der Waals surface area contributed by atoms with Crippen LogP contribution in [0.4, 0.5) is 0 Å². The van der Waals surface area contributed by atoms with E-state index in [1.165, 1.54) is 11.3 Å². The first-order valence-corrected chi connectivity index (χ1v) is 9.15. The third-order valence-electron chi connectivity index (χ3n) is 4.00. The van der Waals surface area contributed by atoms with E-state index in [-0.39, 0.29) is 18.7 Å². The van der Waals surface area contributed by atoms with Gasteiger partial charge in [-0.2, -0.15) is 4.68 Å². The van der Waals surface area contributed by atoms with E-state index in [1.807, 2.05) is 60.7 Å². The van der Waals surface area contributed by atoms with Crippen LogP contribution in [0, 0.1) is 0 Å². The van der Waals surface area contributed by atoms with Gasteiger partial charge in [-0.05, 0) is 17.2 Å². The van der Waals surface area contributed by atoms with Crippen LogP contribution in [0.3, 0.4) is 0 Å². The molecule has 6 nitrogen and oxygen atoms in total. The smallest absolute Gasteiger partial charge is 0.328 e. The minimum Gasteiger partial charge on any atom is -0.459 e. The van der Waals surface area contributed by atoms with Crippen molar-refractivity contribution in [1.29, 1.82) is 0 Å². The Kier molecular flexibility index (Phi) is 4.76. The number of nitrogens with zero attached hydrogens (tertiary/aromatic N) is 3. The molecule has 0 spiro atoms. The van der Waals surface area contributed by atoms with Gasteiger partial charge in [0.05, 0.1) is 5.39 Å². The number of hydrogen-bond donors (Lipinski definition) is 0. The minimum absolute atomic E-state index is 0.153. The maximum Gasteiger partial charge on any atom is 0.328 e. The van der Waals surface area contributed by atoms with Crippen molar-refractivity contribution in [2.24, 2.45) is 0 Å². The van der Waals surface area contributed by atoms with Crippen molar-refractivity contribution >= 4 is 27.5 Å². The molecular weight excluding hydrogens is 362 g/mol. The van der Waals surface area contributed by atoms with Crippen LogP contribution in [0.5, 0.6) is 0 Å². The zero-order valence-corrected chi connectivity index (χ0v) is 15.1. The third kappa shape index (κ3) is 3.78. The van der Waals surface area contributed by atoms with Gasteiger partial charge in [-0.25, -0.2) is 0 Å². The lowest BCUT2D eigenvalue weighted by Crippen LogP contribution is -2.28. The SMILES string of the molecule is O=C(Cn1nnc2sc(-c3ccccc3)cc2c1=O)OCc1ccccc1. The first-order chi connectivity index (χ1) is 13.2. The predicted octanol–water partition coefficient (Wildman–Crippen LogP) is 3.26. The number of rotatable bonds is 5. The average Bonchev–Trinajstić information content (AvgIpc) is 3.15. The normalized spacial score (nSPS) is 10.8. The quantitative estimate of drug-likeness (QED) is 0.499. The Morgan fingerprint density at radius 1 is 1.04 bits per heavy atom. The van der Waals surface area contributed by atoms with Crippen LogP contribution in [0.25, 0.3) is 20.7 Å². The van der Waals surface area contributed by atoms with Gasteiger partial charge in [0.15, 0.2) is 4.83 Å². The molecule has 0 aliphatic heterocycles. The lowest BCUT2D eigenvalue weighted by molar-refractivity contribution is -0.146. The van der Waals surface area contributed by atoms with Crippen LogP contribution in [0.1, 0.15) is 5.56 Å². The monoisotopic (exact) mass is 377 g/mol. The van der Waals surface area contributed by atoms with Crippen molar-refractivity contribution in [3.63, 3.8) is 0 Å². The van der Waals surface area contributed by atoms with Gasteiger partial charge in [0.1, 0.15) is 13.2 Å². The largest absolute Gasteiger partial charge is 0.459 e. The highest BCUT2D eigenvalue weighted by Gasteiger charge is 2.14. The standard InChI is InChI=1S/C20H15N3O3S/c24-18(26-13-14-7-3-1-4-8-14)12-23-20(25)16-11-17(27-19(16)21-22-23)15-9-5-2-6-10-15/h1-11H,12-13H2. The summed E-state index contributed by atoms with van der Waals surface area (Å²) in [5.74, 6) is -0.534. The molecule has 2 aromatic heterocycles. The lowest BCUT2D eigenvalue weighted by atomic mass is 10.2. The number of aromatic nitrogens is 3. The highest BCUT2D eigenvalue weighted by atomic mass is 32.1. The minimum atomic E-state index is -0.534. The maximum atomic E-state index is 12.6. The molecule has 7 heteroatoms. The molecule has 2 heterocycles. The van der Waals surface area contributed by atoms with Crippen LogP contribution in [0.15, 0.2) is 71.5 Å². The maximum absolute atomic E-state index is 12.6. The fourth-order valence-electron chi connectivity index (χ4n) is 2.64.